The third kappa shape index (κ3) is 3.17. The Kier molecular flexibility index (Phi) is 4.75. The van der Waals surface area contributed by atoms with Crippen LogP contribution in [0.5, 0.6) is 0 Å². The maximum absolute atomic E-state index is 13.8. The molecule has 1 fully saturated rings. The van der Waals surface area contributed by atoms with Gasteiger partial charge in [0.2, 0.25) is 0 Å². The summed E-state index contributed by atoms with van der Waals surface area (Å²) in [5.41, 5.74) is 5.36. The van der Waals surface area contributed by atoms with E-state index in [0.29, 0.717) is 19.0 Å². The normalized spacial score (nSPS) is 18.1. The van der Waals surface area contributed by atoms with Crippen molar-refractivity contribution >= 4 is 21.8 Å². The number of likely N-dealkylation sites (tertiary alicyclic amines) is 1. The molecule has 0 radical (unpaired) electrons. The monoisotopic (exact) mass is 346 g/mol. The van der Waals surface area contributed by atoms with Gasteiger partial charge >= 0.3 is 0 Å². The molecule has 0 aromatic heterocycles. The average molecular weight is 347 g/mol. The van der Waals surface area contributed by atoms with Gasteiger partial charge in [0.25, 0.3) is 5.91 Å². The van der Waals surface area contributed by atoms with E-state index in [-0.39, 0.29) is 10.5 Å². The lowest BCUT2D eigenvalue weighted by Gasteiger charge is -2.33. The van der Waals surface area contributed by atoms with E-state index in [0.717, 1.165) is 25.0 Å². The molecule has 1 aliphatic heterocycles. The summed E-state index contributed by atoms with van der Waals surface area (Å²) in [6.07, 6.45) is 1.53. The number of halogens is 3. The van der Waals surface area contributed by atoms with Crippen molar-refractivity contribution in [3.8, 4) is 0 Å². The van der Waals surface area contributed by atoms with E-state index in [1.165, 1.54) is 4.90 Å². The van der Waals surface area contributed by atoms with Gasteiger partial charge in [-0.25, -0.2) is 8.78 Å². The minimum absolute atomic E-state index is 0.0772. The largest absolute Gasteiger partial charge is 0.338 e. The summed E-state index contributed by atoms with van der Waals surface area (Å²) >= 11 is 3.00. The fraction of sp³-hybridized carbons (Fsp3) is 0.500. The number of nitrogens with two attached hydrogens (primary N) is 1. The fourth-order valence-electron chi connectivity index (χ4n) is 2.53. The van der Waals surface area contributed by atoms with Crippen LogP contribution in [0.4, 0.5) is 8.78 Å². The number of hydrogen-bond donors (Lipinski definition) is 1. The van der Waals surface area contributed by atoms with Crippen molar-refractivity contribution in [1.29, 1.82) is 0 Å². The molecule has 1 heterocycles. The van der Waals surface area contributed by atoms with E-state index in [1.54, 1.807) is 0 Å². The molecule has 1 aromatic rings. The van der Waals surface area contributed by atoms with Crippen molar-refractivity contribution in [2.45, 2.75) is 25.8 Å². The molecule has 2 rings (SSSR count). The summed E-state index contributed by atoms with van der Waals surface area (Å²) in [7, 11) is 0. The Morgan fingerprint density at radius 2 is 1.85 bits per heavy atom. The standard InChI is InChI=1S/C14H17BrF2N2O/c1-8(18)9-2-4-19(5-3-9)14(20)13-11(16)6-10(15)7-12(13)17/h6-9H,2-5,18H2,1H3. The number of piperidine rings is 1. The van der Waals surface area contributed by atoms with E-state index in [1.807, 2.05) is 6.92 Å². The minimum atomic E-state index is -0.837. The highest BCUT2D eigenvalue weighted by Crippen LogP contribution is 2.24. The summed E-state index contributed by atoms with van der Waals surface area (Å²) in [5, 5.41) is 0. The van der Waals surface area contributed by atoms with Crippen LogP contribution in [0, 0.1) is 17.6 Å². The molecule has 0 aliphatic carbocycles. The first-order valence-corrected chi connectivity index (χ1v) is 7.39. The van der Waals surface area contributed by atoms with Crippen LogP contribution in [0.3, 0.4) is 0 Å². The van der Waals surface area contributed by atoms with Crippen LogP contribution >= 0.6 is 15.9 Å². The van der Waals surface area contributed by atoms with Gasteiger partial charge in [-0.1, -0.05) is 15.9 Å². The van der Waals surface area contributed by atoms with Gasteiger partial charge in [0.1, 0.15) is 17.2 Å². The highest BCUT2D eigenvalue weighted by molar-refractivity contribution is 9.10. The molecule has 0 saturated carbocycles. The number of benzene rings is 1. The molecule has 1 saturated heterocycles. The van der Waals surface area contributed by atoms with E-state index in [9.17, 15) is 13.6 Å². The van der Waals surface area contributed by atoms with Crippen LogP contribution in [0.2, 0.25) is 0 Å². The third-order valence-electron chi connectivity index (χ3n) is 3.79. The Labute approximate surface area is 125 Å². The molecule has 1 amide bonds. The number of rotatable bonds is 2. The first kappa shape index (κ1) is 15.4. The average Bonchev–Trinajstić information content (AvgIpc) is 2.37. The lowest BCUT2D eigenvalue weighted by Crippen LogP contribution is -2.43. The molecule has 0 bridgehead atoms. The van der Waals surface area contributed by atoms with E-state index in [2.05, 4.69) is 15.9 Å². The summed E-state index contributed by atoms with van der Waals surface area (Å²) in [6, 6.07) is 2.28. The smallest absolute Gasteiger partial charge is 0.259 e. The molecule has 6 heteroatoms. The Morgan fingerprint density at radius 3 is 2.30 bits per heavy atom. The summed E-state index contributed by atoms with van der Waals surface area (Å²) in [4.78, 5) is 13.7. The fourth-order valence-corrected chi connectivity index (χ4v) is 2.93. The predicted octanol–water partition coefficient (Wildman–Crippen LogP) is 2.93. The highest BCUT2D eigenvalue weighted by atomic mass is 79.9. The van der Waals surface area contributed by atoms with E-state index < -0.39 is 23.1 Å². The molecule has 0 spiro atoms. The molecule has 3 nitrogen and oxygen atoms in total. The third-order valence-corrected chi connectivity index (χ3v) is 4.25. The Hall–Kier alpha value is -1.01. The van der Waals surface area contributed by atoms with Crippen LogP contribution in [-0.2, 0) is 0 Å². The second-order valence-electron chi connectivity index (χ2n) is 5.23. The lowest BCUT2D eigenvalue weighted by atomic mass is 9.90. The first-order valence-electron chi connectivity index (χ1n) is 6.59. The zero-order valence-electron chi connectivity index (χ0n) is 11.2. The zero-order valence-corrected chi connectivity index (χ0v) is 12.8. The van der Waals surface area contributed by atoms with Gasteiger partial charge in [-0.15, -0.1) is 0 Å². The first-order chi connectivity index (χ1) is 9.40. The van der Waals surface area contributed by atoms with Gasteiger partial charge in [-0.3, -0.25) is 4.79 Å². The molecular weight excluding hydrogens is 330 g/mol. The van der Waals surface area contributed by atoms with Gasteiger partial charge < -0.3 is 10.6 Å². The van der Waals surface area contributed by atoms with Crippen molar-refractivity contribution in [1.82, 2.24) is 4.90 Å². The second kappa shape index (κ2) is 6.18. The number of amides is 1. The SMILES string of the molecule is CC(N)C1CCN(C(=O)c2c(F)cc(Br)cc2F)CC1. The van der Waals surface area contributed by atoms with Gasteiger partial charge in [0.05, 0.1) is 0 Å². The Bertz CT molecular complexity index is 491. The van der Waals surface area contributed by atoms with E-state index >= 15 is 0 Å². The molecule has 110 valence electrons. The van der Waals surface area contributed by atoms with Gasteiger partial charge in [0, 0.05) is 23.6 Å². The number of carbonyl (C=O) groups is 1. The van der Waals surface area contributed by atoms with Gasteiger partial charge in [-0.2, -0.15) is 0 Å². The molecule has 1 unspecified atom stereocenters. The van der Waals surface area contributed by atoms with Crippen LogP contribution < -0.4 is 5.73 Å². The van der Waals surface area contributed by atoms with Crippen LogP contribution in [-0.4, -0.2) is 29.9 Å². The molecule has 1 aliphatic rings. The van der Waals surface area contributed by atoms with Crippen molar-refractivity contribution < 1.29 is 13.6 Å². The van der Waals surface area contributed by atoms with Crippen molar-refractivity contribution in [2.24, 2.45) is 11.7 Å². The Balaban J connectivity index is 2.14. The summed E-state index contributed by atoms with van der Waals surface area (Å²) < 4.78 is 27.8. The second-order valence-corrected chi connectivity index (χ2v) is 6.15. The Morgan fingerprint density at radius 1 is 1.35 bits per heavy atom. The van der Waals surface area contributed by atoms with Crippen molar-refractivity contribution in [2.75, 3.05) is 13.1 Å². The molecule has 1 atom stereocenters. The maximum Gasteiger partial charge on any atom is 0.259 e. The van der Waals surface area contributed by atoms with Gasteiger partial charge in [0.15, 0.2) is 0 Å². The topological polar surface area (TPSA) is 46.3 Å². The van der Waals surface area contributed by atoms with Gasteiger partial charge in [-0.05, 0) is 37.8 Å². The quantitative estimate of drug-likeness (QED) is 0.894. The van der Waals surface area contributed by atoms with Crippen molar-refractivity contribution in [3.05, 3.63) is 33.8 Å². The molecule has 20 heavy (non-hydrogen) atoms. The highest BCUT2D eigenvalue weighted by Gasteiger charge is 2.28. The molecule has 2 N–H and O–H groups in total. The summed E-state index contributed by atoms with van der Waals surface area (Å²) in [5.74, 6) is -1.90. The molecular formula is C14H17BrF2N2O. The zero-order chi connectivity index (χ0) is 14.9. The lowest BCUT2D eigenvalue weighted by molar-refractivity contribution is 0.0671. The number of nitrogens with zero attached hydrogens (tertiary/aromatic N) is 1. The van der Waals surface area contributed by atoms with Crippen LogP contribution in [0.1, 0.15) is 30.1 Å². The maximum atomic E-state index is 13.8. The van der Waals surface area contributed by atoms with Crippen molar-refractivity contribution in [3.63, 3.8) is 0 Å². The minimum Gasteiger partial charge on any atom is -0.338 e. The summed E-state index contributed by atoms with van der Waals surface area (Å²) in [6.45, 7) is 2.91. The predicted molar refractivity (Wildman–Crippen MR) is 76.3 cm³/mol. The molecule has 1 aromatic carbocycles. The van der Waals surface area contributed by atoms with E-state index in [4.69, 9.17) is 5.73 Å². The van der Waals surface area contributed by atoms with Crippen LogP contribution in [0.15, 0.2) is 16.6 Å². The van der Waals surface area contributed by atoms with Crippen LogP contribution in [0.25, 0.3) is 0 Å². The number of hydrogen-bond acceptors (Lipinski definition) is 2. The number of carbonyl (C=O) groups excluding carboxylic acids is 1.